The maximum absolute atomic E-state index is 12.1. The van der Waals surface area contributed by atoms with Crippen LogP contribution in [0.25, 0.3) is 0 Å². The van der Waals surface area contributed by atoms with Crippen LogP contribution in [0.1, 0.15) is 40.5 Å². The minimum atomic E-state index is -0.612. The molecule has 0 aromatic carbocycles. The van der Waals surface area contributed by atoms with E-state index in [1.54, 1.807) is 0 Å². The van der Waals surface area contributed by atoms with Gasteiger partial charge in [-0.05, 0) is 11.8 Å². The van der Waals surface area contributed by atoms with Crippen molar-refractivity contribution < 1.29 is 9.59 Å². The number of carbonyl (C=O) groups excluding carboxylic acids is 2. The molecule has 0 aliphatic heterocycles. The fraction of sp³-hybridized carbons (Fsp3) is 0.833. The fourth-order valence-corrected chi connectivity index (χ4v) is 1.37. The number of amides is 2. The molecule has 1 atom stereocenters. The van der Waals surface area contributed by atoms with Crippen LogP contribution in [0.5, 0.6) is 0 Å². The third-order valence-corrected chi connectivity index (χ3v) is 2.64. The van der Waals surface area contributed by atoms with Gasteiger partial charge >= 0.3 is 0 Å². The molecule has 5 nitrogen and oxygen atoms in total. The van der Waals surface area contributed by atoms with Gasteiger partial charge in [-0.3, -0.25) is 9.59 Å². The molecular weight excluding hydrogens is 218 g/mol. The SMILES string of the molecule is CCCCN(CC(N)=O)C(=O)[C@H](N)C(C)(C)C. The zero-order valence-corrected chi connectivity index (χ0v) is 11.3. The Morgan fingerprint density at radius 3 is 2.18 bits per heavy atom. The Morgan fingerprint density at radius 2 is 1.82 bits per heavy atom. The summed E-state index contributed by atoms with van der Waals surface area (Å²) in [6.07, 6.45) is 1.79. The second kappa shape index (κ2) is 6.59. The Balaban J connectivity index is 4.67. The lowest BCUT2D eigenvalue weighted by Crippen LogP contribution is -2.52. The summed E-state index contributed by atoms with van der Waals surface area (Å²) < 4.78 is 0. The van der Waals surface area contributed by atoms with Crippen LogP contribution < -0.4 is 11.5 Å². The molecule has 0 saturated heterocycles. The molecular formula is C12H25N3O2. The fourth-order valence-electron chi connectivity index (χ4n) is 1.37. The van der Waals surface area contributed by atoms with E-state index in [4.69, 9.17) is 11.5 Å². The summed E-state index contributed by atoms with van der Waals surface area (Å²) in [6.45, 7) is 8.20. The van der Waals surface area contributed by atoms with Gasteiger partial charge in [0.1, 0.15) is 0 Å². The average molecular weight is 243 g/mol. The smallest absolute Gasteiger partial charge is 0.240 e. The van der Waals surface area contributed by atoms with E-state index in [1.165, 1.54) is 4.90 Å². The van der Waals surface area contributed by atoms with Gasteiger partial charge in [0.2, 0.25) is 11.8 Å². The summed E-state index contributed by atoms with van der Waals surface area (Å²) in [7, 11) is 0. The van der Waals surface area contributed by atoms with Gasteiger partial charge in [0.05, 0.1) is 12.6 Å². The largest absolute Gasteiger partial charge is 0.368 e. The Kier molecular flexibility index (Phi) is 6.16. The van der Waals surface area contributed by atoms with E-state index in [0.717, 1.165) is 12.8 Å². The summed E-state index contributed by atoms with van der Waals surface area (Å²) in [6, 6.07) is -0.612. The molecule has 0 bridgehead atoms. The van der Waals surface area contributed by atoms with Gasteiger partial charge in [-0.1, -0.05) is 34.1 Å². The predicted molar refractivity (Wildman–Crippen MR) is 68.1 cm³/mol. The van der Waals surface area contributed by atoms with Crippen molar-refractivity contribution in [3.63, 3.8) is 0 Å². The first-order valence-corrected chi connectivity index (χ1v) is 6.02. The Labute approximate surface area is 104 Å². The van der Waals surface area contributed by atoms with E-state index >= 15 is 0 Å². The third kappa shape index (κ3) is 5.68. The molecule has 0 radical (unpaired) electrons. The molecule has 0 unspecified atom stereocenters. The molecule has 0 rings (SSSR count). The standard InChI is InChI=1S/C12H25N3O2/c1-5-6-7-15(8-9(13)16)11(17)10(14)12(2,3)4/h10H,5-8,14H2,1-4H3,(H2,13,16)/t10-/m0/s1. The summed E-state index contributed by atoms with van der Waals surface area (Å²) in [5, 5.41) is 0. The number of primary amides is 1. The molecule has 0 aliphatic rings. The van der Waals surface area contributed by atoms with Crippen molar-refractivity contribution in [3.8, 4) is 0 Å². The molecule has 0 fully saturated rings. The topological polar surface area (TPSA) is 89.4 Å². The van der Waals surface area contributed by atoms with Gasteiger partial charge in [0.15, 0.2) is 0 Å². The molecule has 0 saturated carbocycles. The first-order chi connectivity index (χ1) is 7.70. The van der Waals surface area contributed by atoms with Crippen LogP contribution in [0, 0.1) is 5.41 Å². The van der Waals surface area contributed by atoms with Crippen molar-refractivity contribution >= 4 is 11.8 Å². The van der Waals surface area contributed by atoms with Gasteiger partial charge in [-0.25, -0.2) is 0 Å². The monoisotopic (exact) mass is 243 g/mol. The van der Waals surface area contributed by atoms with Crippen LogP contribution >= 0.6 is 0 Å². The number of carbonyl (C=O) groups is 2. The highest BCUT2D eigenvalue weighted by molar-refractivity contribution is 5.87. The zero-order valence-electron chi connectivity index (χ0n) is 11.3. The number of hydrogen-bond donors (Lipinski definition) is 2. The number of unbranched alkanes of at least 4 members (excludes halogenated alkanes) is 1. The maximum Gasteiger partial charge on any atom is 0.240 e. The lowest BCUT2D eigenvalue weighted by atomic mass is 9.86. The third-order valence-electron chi connectivity index (χ3n) is 2.64. The van der Waals surface area contributed by atoms with Crippen molar-refractivity contribution in [2.45, 2.75) is 46.6 Å². The molecule has 0 spiro atoms. The van der Waals surface area contributed by atoms with Gasteiger partial charge in [-0.2, -0.15) is 0 Å². The molecule has 0 aromatic rings. The van der Waals surface area contributed by atoms with E-state index in [0.29, 0.717) is 6.54 Å². The highest BCUT2D eigenvalue weighted by atomic mass is 16.2. The highest BCUT2D eigenvalue weighted by Gasteiger charge is 2.31. The Hall–Kier alpha value is -1.10. The van der Waals surface area contributed by atoms with Crippen LogP contribution in [-0.4, -0.2) is 35.8 Å². The normalized spacial score (nSPS) is 13.2. The quantitative estimate of drug-likeness (QED) is 0.710. The second-order valence-corrected chi connectivity index (χ2v) is 5.42. The van der Waals surface area contributed by atoms with Crippen LogP contribution in [0.15, 0.2) is 0 Å². The molecule has 5 heteroatoms. The molecule has 0 heterocycles. The van der Waals surface area contributed by atoms with Gasteiger partial charge in [0, 0.05) is 6.54 Å². The van der Waals surface area contributed by atoms with E-state index < -0.39 is 11.9 Å². The van der Waals surface area contributed by atoms with Gasteiger partial charge in [-0.15, -0.1) is 0 Å². The molecule has 4 N–H and O–H groups in total. The van der Waals surface area contributed by atoms with Crippen LogP contribution in [0.4, 0.5) is 0 Å². The average Bonchev–Trinajstić information content (AvgIpc) is 2.20. The lowest BCUT2D eigenvalue weighted by Gasteiger charge is -2.31. The Morgan fingerprint density at radius 1 is 1.29 bits per heavy atom. The summed E-state index contributed by atoms with van der Waals surface area (Å²) in [4.78, 5) is 24.5. The van der Waals surface area contributed by atoms with E-state index in [2.05, 4.69) is 0 Å². The minimum Gasteiger partial charge on any atom is -0.368 e. The lowest BCUT2D eigenvalue weighted by molar-refractivity contribution is -0.138. The summed E-state index contributed by atoms with van der Waals surface area (Å²) in [5.41, 5.74) is 10.7. The second-order valence-electron chi connectivity index (χ2n) is 5.42. The van der Waals surface area contributed by atoms with Crippen LogP contribution in [0.2, 0.25) is 0 Å². The summed E-state index contributed by atoms with van der Waals surface area (Å²) >= 11 is 0. The number of hydrogen-bond acceptors (Lipinski definition) is 3. The van der Waals surface area contributed by atoms with E-state index in [-0.39, 0.29) is 17.9 Å². The minimum absolute atomic E-state index is 0.0530. The number of rotatable bonds is 6. The molecule has 17 heavy (non-hydrogen) atoms. The Bertz CT molecular complexity index is 271. The van der Waals surface area contributed by atoms with Gasteiger partial charge < -0.3 is 16.4 Å². The molecule has 2 amide bonds. The molecule has 0 aromatic heterocycles. The van der Waals surface area contributed by atoms with E-state index in [1.807, 2.05) is 27.7 Å². The van der Waals surface area contributed by atoms with Crippen molar-refractivity contribution in [3.05, 3.63) is 0 Å². The van der Waals surface area contributed by atoms with Crippen molar-refractivity contribution in [1.82, 2.24) is 4.90 Å². The predicted octanol–water partition coefficient (Wildman–Crippen LogP) is 0.474. The maximum atomic E-state index is 12.1. The summed E-state index contributed by atoms with van der Waals surface area (Å²) in [5.74, 6) is -0.708. The van der Waals surface area contributed by atoms with Crippen molar-refractivity contribution in [1.29, 1.82) is 0 Å². The molecule has 0 aliphatic carbocycles. The molecule has 100 valence electrons. The van der Waals surface area contributed by atoms with E-state index in [9.17, 15) is 9.59 Å². The van der Waals surface area contributed by atoms with Crippen molar-refractivity contribution in [2.75, 3.05) is 13.1 Å². The zero-order chi connectivity index (χ0) is 13.6. The number of nitrogens with two attached hydrogens (primary N) is 2. The van der Waals surface area contributed by atoms with Gasteiger partial charge in [0.25, 0.3) is 0 Å². The number of nitrogens with zero attached hydrogens (tertiary/aromatic N) is 1. The van der Waals surface area contributed by atoms with Crippen molar-refractivity contribution in [2.24, 2.45) is 16.9 Å². The highest BCUT2D eigenvalue weighted by Crippen LogP contribution is 2.19. The first-order valence-electron chi connectivity index (χ1n) is 6.02. The van der Waals surface area contributed by atoms with Crippen LogP contribution in [-0.2, 0) is 9.59 Å². The first kappa shape index (κ1) is 15.9. The van der Waals surface area contributed by atoms with Crippen LogP contribution in [0.3, 0.4) is 0 Å².